The van der Waals surface area contributed by atoms with Gasteiger partial charge in [-0.1, -0.05) is 0 Å². The third kappa shape index (κ3) is 3.49. The van der Waals surface area contributed by atoms with Crippen LogP contribution in [0.1, 0.15) is 18.7 Å². The molecule has 1 atom stereocenters. The second kappa shape index (κ2) is 6.41. The molecule has 1 aromatic rings. The lowest BCUT2D eigenvalue weighted by molar-refractivity contribution is 0.0260. The third-order valence-corrected chi connectivity index (χ3v) is 4.04. The summed E-state index contributed by atoms with van der Waals surface area (Å²) in [5.41, 5.74) is 0. The molecule has 0 aromatic carbocycles. The molecule has 19 heavy (non-hydrogen) atoms. The average Bonchev–Trinajstić information content (AvgIpc) is 2.88. The minimum atomic E-state index is 0.655. The number of nitrogens with zero attached hydrogens (tertiary/aromatic N) is 4. The Bertz CT molecular complexity index is 380. The van der Waals surface area contributed by atoms with E-state index >= 15 is 0 Å². The summed E-state index contributed by atoms with van der Waals surface area (Å²) in [5, 5.41) is 0. The fourth-order valence-corrected chi connectivity index (χ4v) is 2.99. The second-order valence-corrected chi connectivity index (χ2v) is 5.34. The van der Waals surface area contributed by atoms with E-state index in [1.807, 2.05) is 18.5 Å². The van der Waals surface area contributed by atoms with E-state index in [2.05, 4.69) is 19.8 Å². The maximum Gasteiger partial charge on any atom is 0.142 e. The Kier molecular flexibility index (Phi) is 4.37. The number of hydrogen-bond acceptors (Lipinski definition) is 5. The summed E-state index contributed by atoms with van der Waals surface area (Å²) in [6.45, 7) is 7.14. The van der Waals surface area contributed by atoms with Crippen molar-refractivity contribution in [1.82, 2.24) is 19.8 Å². The summed E-state index contributed by atoms with van der Waals surface area (Å²) in [6.07, 6.45) is 6.25. The zero-order valence-electron chi connectivity index (χ0n) is 11.4. The minimum absolute atomic E-state index is 0.655. The van der Waals surface area contributed by atoms with Crippen molar-refractivity contribution in [3.63, 3.8) is 0 Å². The molecule has 0 bridgehead atoms. The van der Waals surface area contributed by atoms with Gasteiger partial charge in [-0.2, -0.15) is 0 Å². The van der Waals surface area contributed by atoms with E-state index in [1.54, 1.807) is 0 Å². The Morgan fingerprint density at radius 3 is 2.74 bits per heavy atom. The lowest BCUT2D eigenvalue weighted by Gasteiger charge is -2.32. The lowest BCUT2D eigenvalue weighted by Crippen LogP contribution is -2.44. The molecule has 0 aliphatic carbocycles. The third-order valence-electron chi connectivity index (χ3n) is 4.04. The van der Waals surface area contributed by atoms with E-state index in [1.165, 1.54) is 19.4 Å². The first-order valence-electron chi connectivity index (χ1n) is 7.22. The van der Waals surface area contributed by atoms with Crippen LogP contribution in [0.5, 0.6) is 0 Å². The Morgan fingerprint density at radius 2 is 1.95 bits per heavy atom. The highest BCUT2D eigenvalue weighted by Crippen LogP contribution is 2.20. The highest BCUT2D eigenvalue weighted by atomic mass is 16.5. The topological polar surface area (TPSA) is 41.5 Å². The summed E-state index contributed by atoms with van der Waals surface area (Å²) < 4.78 is 5.41. The molecule has 2 saturated heterocycles. The van der Waals surface area contributed by atoms with Gasteiger partial charge in [-0.15, -0.1) is 0 Å². The van der Waals surface area contributed by atoms with Crippen LogP contribution in [-0.2, 0) is 11.3 Å². The standard InChI is InChI=1S/C14H22N4O/c1-3-13(11-17-7-9-19-10-8-17)18(6-1)12-14-15-4-2-5-16-14/h2,4-5,13H,1,3,6-12H2. The molecule has 104 valence electrons. The van der Waals surface area contributed by atoms with Crippen molar-refractivity contribution in [2.75, 3.05) is 39.4 Å². The van der Waals surface area contributed by atoms with Crippen LogP contribution in [0.3, 0.4) is 0 Å². The molecule has 2 aliphatic rings. The summed E-state index contributed by atoms with van der Waals surface area (Å²) in [5.74, 6) is 0.941. The molecule has 3 heterocycles. The van der Waals surface area contributed by atoms with Crippen LogP contribution in [0.25, 0.3) is 0 Å². The highest BCUT2D eigenvalue weighted by Gasteiger charge is 2.27. The van der Waals surface area contributed by atoms with E-state index in [0.29, 0.717) is 6.04 Å². The Hall–Kier alpha value is -1.04. The van der Waals surface area contributed by atoms with Crippen LogP contribution >= 0.6 is 0 Å². The van der Waals surface area contributed by atoms with E-state index in [4.69, 9.17) is 4.74 Å². The van der Waals surface area contributed by atoms with Crippen LogP contribution in [0.15, 0.2) is 18.5 Å². The van der Waals surface area contributed by atoms with E-state index in [0.717, 1.165) is 45.2 Å². The molecule has 2 aliphatic heterocycles. The molecular formula is C14H22N4O. The summed E-state index contributed by atoms with van der Waals surface area (Å²) in [4.78, 5) is 13.7. The molecule has 3 rings (SSSR count). The summed E-state index contributed by atoms with van der Waals surface area (Å²) in [6, 6.07) is 2.53. The van der Waals surface area contributed by atoms with Crippen molar-refractivity contribution in [2.45, 2.75) is 25.4 Å². The lowest BCUT2D eigenvalue weighted by atomic mass is 10.2. The maximum atomic E-state index is 5.41. The quantitative estimate of drug-likeness (QED) is 0.802. The van der Waals surface area contributed by atoms with E-state index < -0.39 is 0 Å². The Labute approximate surface area is 114 Å². The SMILES string of the molecule is c1cnc(CN2CCCC2CN2CCOCC2)nc1. The minimum Gasteiger partial charge on any atom is -0.379 e. The number of rotatable bonds is 4. The number of ether oxygens (including phenoxy) is 1. The van der Waals surface area contributed by atoms with Gasteiger partial charge in [-0.25, -0.2) is 9.97 Å². The average molecular weight is 262 g/mol. The zero-order valence-corrected chi connectivity index (χ0v) is 11.4. The van der Waals surface area contributed by atoms with Gasteiger partial charge in [0.2, 0.25) is 0 Å². The molecular weight excluding hydrogens is 240 g/mol. The first-order valence-corrected chi connectivity index (χ1v) is 7.22. The van der Waals surface area contributed by atoms with Gasteiger partial charge < -0.3 is 4.74 Å². The van der Waals surface area contributed by atoms with Gasteiger partial charge in [0.1, 0.15) is 5.82 Å². The monoisotopic (exact) mass is 262 g/mol. The number of likely N-dealkylation sites (tertiary alicyclic amines) is 1. The van der Waals surface area contributed by atoms with Crippen LogP contribution in [0, 0.1) is 0 Å². The molecule has 0 amide bonds. The van der Waals surface area contributed by atoms with Gasteiger partial charge in [0, 0.05) is 38.1 Å². The van der Waals surface area contributed by atoms with Crippen LogP contribution < -0.4 is 0 Å². The molecule has 0 N–H and O–H groups in total. The molecule has 2 fully saturated rings. The van der Waals surface area contributed by atoms with Gasteiger partial charge in [0.25, 0.3) is 0 Å². The first kappa shape index (κ1) is 13.0. The van der Waals surface area contributed by atoms with Crippen LogP contribution in [0.4, 0.5) is 0 Å². The van der Waals surface area contributed by atoms with E-state index in [9.17, 15) is 0 Å². The van der Waals surface area contributed by atoms with Crippen molar-refractivity contribution < 1.29 is 4.74 Å². The number of morpholine rings is 1. The van der Waals surface area contributed by atoms with Crippen molar-refractivity contribution in [2.24, 2.45) is 0 Å². The van der Waals surface area contributed by atoms with Crippen LogP contribution in [-0.4, -0.2) is 65.2 Å². The fourth-order valence-electron chi connectivity index (χ4n) is 2.99. The van der Waals surface area contributed by atoms with Crippen molar-refractivity contribution in [1.29, 1.82) is 0 Å². The number of aromatic nitrogens is 2. The second-order valence-electron chi connectivity index (χ2n) is 5.34. The van der Waals surface area contributed by atoms with Gasteiger partial charge in [0.05, 0.1) is 19.8 Å². The van der Waals surface area contributed by atoms with Gasteiger partial charge in [-0.3, -0.25) is 9.80 Å². The van der Waals surface area contributed by atoms with Crippen LogP contribution in [0.2, 0.25) is 0 Å². The molecule has 0 radical (unpaired) electrons. The molecule has 5 heteroatoms. The predicted molar refractivity (Wildman–Crippen MR) is 72.7 cm³/mol. The first-order chi connectivity index (χ1) is 9.42. The Morgan fingerprint density at radius 1 is 1.16 bits per heavy atom. The normalized spacial score (nSPS) is 25.8. The van der Waals surface area contributed by atoms with Crippen molar-refractivity contribution in [3.05, 3.63) is 24.3 Å². The fraction of sp³-hybridized carbons (Fsp3) is 0.714. The summed E-state index contributed by atoms with van der Waals surface area (Å²) >= 11 is 0. The van der Waals surface area contributed by atoms with Gasteiger partial charge in [-0.05, 0) is 25.5 Å². The molecule has 0 spiro atoms. The largest absolute Gasteiger partial charge is 0.379 e. The molecule has 1 unspecified atom stereocenters. The zero-order chi connectivity index (χ0) is 12.9. The van der Waals surface area contributed by atoms with E-state index in [-0.39, 0.29) is 0 Å². The maximum absolute atomic E-state index is 5.41. The molecule has 1 aromatic heterocycles. The molecule has 5 nitrogen and oxygen atoms in total. The smallest absolute Gasteiger partial charge is 0.142 e. The summed E-state index contributed by atoms with van der Waals surface area (Å²) in [7, 11) is 0. The predicted octanol–water partition coefficient (Wildman–Crippen LogP) is 0.773. The van der Waals surface area contributed by atoms with Gasteiger partial charge >= 0.3 is 0 Å². The number of hydrogen-bond donors (Lipinski definition) is 0. The van der Waals surface area contributed by atoms with Gasteiger partial charge in [0.15, 0.2) is 0 Å². The Balaban J connectivity index is 1.55. The molecule has 0 saturated carbocycles. The van der Waals surface area contributed by atoms with Crippen molar-refractivity contribution in [3.8, 4) is 0 Å². The highest BCUT2D eigenvalue weighted by molar-refractivity contribution is 4.92. The van der Waals surface area contributed by atoms with Crippen molar-refractivity contribution >= 4 is 0 Å².